The summed E-state index contributed by atoms with van der Waals surface area (Å²) in [6, 6.07) is -0.293. The van der Waals surface area contributed by atoms with Crippen molar-refractivity contribution < 1.29 is 9.53 Å². The molecule has 0 radical (unpaired) electrons. The molecule has 0 saturated carbocycles. The highest BCUT2D eigenvalue weighted by Gasteiger charge is 2.37. The zero-order valence-electron chi connectivity index (χ0n) is 20.0. The molecule has 0 spiro atoms. The molecular weight excluding hydrogens is 422 g/mol. The van der Waals surface area contributed by atoms with E-state index in [4.69, 9.17) is 16.3 Å². The van der Waals surface area contributed by atoms with Crippen molar-refractivity contribution in [3.05, 3.63) is 95.2 Å². The van der Waals surface area contributed by atoms with E-state index in [0.29, 0.717) is 35.2 Å². The number of aliphatic imine (C=N–C) groups is 1. The summed E-state index contributed by atoms with van der Waals surface area (Å²) in [5.74, 6) is 1.21. The third kappa shape index (κ3) is 6.72. The molecule has 0 aromatic carbocycles. The molecule has 0 bridgehead atoms. The van der Waals surface area contributed by atoms with E-state index in [1.54, 1.807) is 29.9 Å². The van der Waals surface area contributed by atoms with E-state index in [1.807, 2.05) is 58.1 Å². The Morgan fingerprint density at radius 1 is 1.25 bits per heavy atom. The van der Waals surface area contributed by atoms with Crippen LogP contribution in [0.2, 0.25) is 0 Å². The molecule has 0 atom stereocenters. The first-order valence-electron chi connectivity index (χ1n) is 10.4. The summed E-state index contributed by atoms with van der Waals surface area (Å²) in [6.07, 6.45) is 12.0. The lowest BCUT2D eigenvalue weighted by Crippen LogP contribution is -2.52. The van der Waals surface area contributed by atoms with Gasteiger partial charge in [-0.15, -0.1) is 0 Å². The maximum absolute atomic E-state index is 13.7. The number of ether oxygens (including phenoxy) is 1. The minimum absolute atomic E-state index is 0.263. The SMILES string of the molecule is C=C/C(C)=C(\C(=C)Cl)N1C/C(=C/C)C(=NC(=C)C)N(/C(C)=C/C=C(\C=C\CC)OC)C1=O. The average molecular weight is 456 g/mol. The number of amides is 2. The van der Waals surface area contributed by atoms with Crippen LogP contribution < -0.4 is 0 Å². The van der Waals surface area contributed by atoms with Crippen molar-refractivity contribution in [1.29, 1.82) is 0 Å². The number of hydrogen-bond donors (Lipinski definition) is 0. The van der Waals surface area contributed by atoms with E-state index in [1.165, 1.54) is 0 Å². The molecule has 172 valence electrons. The normalized spacial score (nSPS) is 19.0. The summed E-state index contributed by atoms with van der Waals surface area (Å²) in [6.45, 7) is 21.3. The lowest BCUT2D eigenvalue weighted by molar-refractivity contribution is 0.195. The Morgan fingerprint density at radius 3 is 2.38 bits per heavy atom. The summed E-state index contributed by atoms with van der Waals surface area (Å²) < 4.78 is 5.40. The summed E-state index contributed by atoms with van der Waals surface area (Å²) in [4.78, 5) is 21.4. The first-order valence-corrected chi connectivity index (χ1v) is 10.8. The molecule has 1 aliphatic heterocycles. The van der Waals surface area contributed by atoms with Gasteiger partial charge in [0.1, 0.15) is 11.6 Å². The smallest absolute Gasteiger partial charge is 0.334 e. The van der Waals surface area contributed by atoms with Gasteiger partial charge in [0, 0.05) is 17.0 Å². The standard InChI is InChI=1S/C26H34ClN3O2/c1-10-13-14-23(32-9)16-15-20(7)30-25(28-18(4)5)22(12-3)17-29(26(30)31)24(21(8)27)19(6)11-2/h11-16H,2,4,8,10,17H2,1,3,5-7,9H3/b14-13+,20-15+,22-12-,23-16+,24-19+,28-25?. The van der Waals surface area contributed by atoms with Gasteiger partial charge in [0.2, 0.25) is 0 Å². The minimum Gasteiger partial charge on any atom is -0.497 e. The van der Waals surface area contributed by atoms with Crippen LogP contribution in [0.1, 0.15) is 41.0 Å². The van der Waals surface area contributed by atoms with E-state index in [-0.39, 0.29) is 11.1 Å². The Bertz CT molecular complexity index is 962. The van der Waals surface area contributed by atoms with Crippen LogP contribution in [0, 0.1) is 0 Å². The number of carbonyl (C=O) groups is 1. The molecule has 0 N–H and O–H groups in total. The molecule has 0 aromatic heterocycles. The Labute approximate surface area is 197 Å². The molecule has 0 aliphatic carbocycles. The highest BCUT2D eigenvalue weighted by molar-refractivity contribution is 6.32. The van der Waals surface area contributed by atoms with E-state index in [0.717, 1.165) is 17.6 Å². The average Bonchev–Trinajstić information content (AvgIpc) is 2.74. The van der Waals surface area contributed by atoms with Crippen LogP contribution in [0.15, 0.2) is 100 Å². The van der Waals surface area contributed by atoms with Gasteiger partial charge in [-0.1, -0.05) is 56.5 Å². The highest BCUT2D eigenvalue weighted by atomic mass is 35.5. The van der Waals surface area contributed by atoms with Crippen LogP contribution >= 0.6 is 11.6 Å². The number of urea groups is 1. The van der Waals surface area contributed by atoms with Gasteiger partial charge >= 0.3 is 6.03 Å². The summed E-state index contributed by atoms with van der Waals surface area (Å²) in [5.41, 5.74) is 3.39. The van der Waals surface area contributed by atoms with Crippen LogP contribution in [-0.2, 0) is 4.74 Å². The second kappa shape index (κ2) is 12.7. The van der Waals surface area contributed by atoms with E-state index in [2.05, 4.69) is 24.7 Å². The van der Waals surface area contributed by atoms with E-state index in [9.17, 15) is 4.79 Å². The van der Waals surface area contributed by atoms with Crippen molar-refractivity contribution >= 4 is 23.5 Å². The fraction of sp³-hybridized carbons (Fsp3) is 0.308. The van der Waals surface area contributed by atoms with Crippen molar-refractivity contribution in [2.24, 2.45) is 4.99 Å². The second-order valence-corrected chi connectivity index (χ2v) is 7.68. The van der Waals surface area contributed by atoms with Crippen molar-refractivity contribution in [2.75, 3.05) is 13.7 Å². The number of amidine groups is 1. The summed E-state index contributed by atoms with van der Waals surface area (Å²) in [5, 5.41) is 0.263. The molecule has 1 saturated heterocycles. The Kier molecular flexibility index (Phi) is 10.7. The van der Waals surface area contributed by atoms with Gasteiger partial charge in [0.15, 0.2) is 0 Å². The van der Waals surface area contributed by atoms with Crippen LogP contribution in [0.5, 0.6) is 0 Å². The lowest BCUT2D eigenvalue weighted by Gasteiger charge is -2.39. The molecular formula is C26H34ClN3O2. The molecule has 1 aliphatic rings. The van der Waals surface area contributed by atoms with Gasteiger partial charge < -0.3 is 4.74 Å². The lowest BCUT2D eigenvalue weighted by atomic mass is 10.1. The fourth-order valence-corrected chi connectivity index (χ4v) is 3.30. The summed E-state index contributed by atoms with van der Waals surface area (Å²) >= 11 is 6.30. The Morgan fingerprint density at radius 2 is 1.91 bits per heavy atom. The number of methoxy groups -OCH3 is 1. The molecule has 1 fully saturated rings. The Hall–Kier alpha value is -3.05. The molecule has 0 aromatic rings. The molecule has 0 unspecified atom stereocenters. The van der Waals surface area contributed by atoms with Crippen molar-refractivity contribution in [2.45, 2.75) is 41.0 Å². The number of allylic oxidation sites excluding steroid dienone is 10. The van der Waals surface area contributed by atoms with Gasteiger partial charge in [0.25, 0.3) is 0 Å². The monoisotopic (exact) mass is 455 g/mol. The van der Waals surface area contributed by atoms with E-state index >= 15 is 0 Å². The van der Waals surface area contributed by atoms with E-state index < -0.39 is 0 Å². The number of nitrogens with zero attached hydrogens (tertiary/aromatic N) is 3. The predicted molar refractivity (Wildman–Crippen MR) is 136 cm³/mol. The predicted octanol–water partition coefficient (Wildman–Crippen LogP) is 7.22. The number of carbonyl (C=O) groups excluding carboxylic acids is 1. The highest BCUT2D eigenvalue weighted by Crippen LogP contribution is 2.30. The fourth-order valence-electron chi connectivity index (χ4n) is 3.05. The van der Waals surface area contributed by atoms with Crippen LogP contribution in [-0.4, -0.2) is 35.3 Å². The molecule has 6 heteroatoms. The number of halogens is 1. The van der Waals surface area contributed by atoms with Gasteiger partial charge in [-0.3, -0.25) is 4.90 Å². The molecule has 1 heterocycles. The van der Waals surface area contributed by atoms with Crippen LogP contribution in [0.3, 0.4) is 0 Å². The number of rotatable bonds is 9. The maximum Gasteiger partial charge on any atom is 0.334 e. The first-order chi connectivity index (χ1) is 15.1. The molecule has 1 rings (SSSR count). The van der Waals surface area contributed by atoms with Gasteiger partial charge in [0.05, 0.1) is 24.4 Å². The van der Waals surface area contributed by atoms with Crippen LogP contribution in [0.25, 0.3) is 0 Å². The van der Waals surface area contributed by atoms with Gasteiger partial charge in [-0.2, -0.15) is 0 Å². The Balaban J connectivity index is 3.71. The second-order valence-electron chi connectivity index (χ2n) is 7.22. The summed E-state index contributed by atoms with van der Waals surface area (Å²) in [7, 11) is 1.61. The van der Waals surface area contributed by atoms with Crippen LogP contribution in [0.4, 0.5) is 4.79 Å². The van der Waals surface area contributed by atoms with Gasteiger partial charge in [-0.05, 0) is 57.9 Å². The number of hydrogen-bond acceptors (Lipinski definition) is 3. The van der Waals surface area contributed by atoms with Gasteiger partial charge in [-0.25, -0.2) is 14.7 Å². The quantitative estimate of drug-likeness (QED) is 0.272. The molecule has 32 heavy (non-hydrogen) atoms. The molecule has 5 nitrogen and oxygen atoms in total. The zero-order chi connectivity index (χ0) is 24.4. The third-order valence-corrected chi connectivity index (χ3v) is 4.88. The van der Waals surface area contributed by atoms with Crippen molar-refractivity contribution in [3.63, 3.8) is 0 Å². The third-order valence-electron chi connectivity index (χ3n) is 4.70. The zero-order valence-corrected chi connectivity index (χ0v) is 20.8. The topological polar surface area (TPSA) is 45.1 Å². The van der Waals surface area contributed by atoms with Crippen molar-refractivity contribution in [3.8, 4) is 0 Å². The minimum atomic E-state index is -0.293. The maximum atomic E-state index is 13.7. The molecule has 2 amide bonds. The van der Waals surface area contributed by atoms with Crippen molar-refractivity contribution in [1.82, 2.24) is 9.80 Å². The first kappa shape index (κ1) is 27.0. The largest absolute Gasteiger partial charge is 0.497 e.